The summed E-state index contributed by atoms with van der Waals surface area (Å²) in [5, 5.41) is 4.76. The van der Waals surface area contributed by atoms with E-state index in [1.807, 2.05) is 84.9 Å². The number of ether oxygens (including phenoxy) is 1. The Hall–Kier alpha value is -3.86. The molecule has 3 aromatic carbocycles. The molecule has 0 aliphatic heterocycles. The second-order valence-electron chi connectivity index (χ2n) is 7.02. The lowest BCUT2D eigenvalue weighted by Gasteiger charge is -2.17. The van der Waals surface area contributed by atoms with Crippen LogP contribution in [-0.2, 0) is 6.54 Å². The number of aromatic nitrogens is 2. The molecule has 1 aromatic heterocycles. The quantitative estimate of drug-likeness (QED) is 0.469. The van der Waals surface area contributed by atoms with Gasteiger partial charge in [0.05, 0.1) is 18.4 Å². The minimum atomic E-state index is -0.0954. The smallest absolute Gasteiger partial charge is 0.257 e. The second kappa shape index (κ2) is 8.66. The number of methoxy groups -OCH3 is 1. The molecule has 4 rings (SSSR count). The monoisotopic (exact) mass is 397 g/mol. The average molecular weight is 397 g/mol. The van der Waals surface area contributed by atoms with Crippen molar-refractivity contribution in [3.05, 3.63) is 102 Å². The van der Waals surface area contributed by atoms with Crippen LogP contribution < -0.4 is 4.74 Å². The van der Waals surface area contributed by atoms with Crippen LogP contribution >= 0.6 is 0 Å². The number of hydrogen-bond donors (Lipinski definition) is 0. The highest BCUT2D eigenvalue weighted by atomic mass is 16.5. The predicted octanol–water partition coefficient (Wildman–Crippen LogP) is 4.82. The summed E-state index contributed by atoms with van der Waals surface area (Å²) < 4.78 is 7.27. The molecule has 0 radical (unpaired) electrons. The molecule has 0 aliphatic carbocycles. The van der Waals surface area contributed by atoms with Gasteiger partial charge in [-0.1, -0.05) is 60.7 Å². The molecular weight excluding hydrogens is 374 g/mol. The Morgan fingerprint density at radius 3 is 2.27 bits per heavy atom. The van der Waals surface area contributed by atoms with Crippen LogP contribution in [0.1, 0.15) is 15.9 Å². The van der Waals surface area contributed by atoms with E-state index in [1.54, 1.807) is 29.9 Å². The lowest BCUT2D eigenvalue weighted by Crippen LogP contribution is -2.26. The van der Waals surface area contributed by atoms with Crippen molar-refractivity contribution in [3.8, 4) is 22.7 Å². The fraction of sp³-hybridized carbons (Fsp3) is 0.120. The van der Waals surface area contributed by atoms with E-state index in [0.29, 0.717) is 23.6 Å². The minimum absolute atomic E-state index is 0.0954. The number of amides is 1. The van der Waals surface area contributed by atoms with Gasteiger partial charge in [-0.2, -0.15) is 5.10 Å². The first-order chi connectivity index (χ1) is 14.7. The molecule has 0 atom stereocenters. The molecule has 4 aromatic rings. The van der Waals surface area contributed by atoms with Crippen molar-refractivity contribution in [3.63, 3.8) is 0 Å². The SMILES string of the molecule is COc1ccccc1-c1nn(-c2ccccc2)cc1C(=O)N(C)Cc1ccccc1. The molecule has 30 heavy (non-hydrogen) atoms. The van der Waals surface area contributed by atoms with Gasteiger partial charge in [0.2, 0.25) is 0 Å². The zero-order valence-corrected chi connectivity index (χ0v) is 17.0. The van der Waals surface area contributed by atoms with Gasteiger partial charge in [0, 0.05) is 25.4 Å². The van der Waals surface area contributed by atoms with E-state index in [1.165, 1.54) is 0 Å². The van der Waals surface area contributed by atoms with Crippen LogP contribution in [0.4, 0.5) is 0 Å². The maximum absolute atomic E-state index is 13.4. The molecule has 0 saturated carbocycles. The first kappa shape index (κ1) is 19.5. The molecule has 5 nitrogen and oxygen atoms in total. The Kier molecular flexibility index (Phi) is 5.61. The van der Waals surface area contributed by atoms with Crippen LogP contribution in [0.5, 0.6) is 5.75 Å². The fourth-order valence-electron chi connectivity index (χ4n) is 3.42. The third kappa shape index (κ3) is 3.96. The van der Waals surface area contributed by atoms with Gasteiger partial charge in [-0.05, 0) is 29.8 Å². The maximum Gasteiger partial charge on any atom is 0.257 e. The van der Waals surface area contributed by atoms with Gasteiger partial charge >= 0.3 is 0 Å². The summed E-state index contributed by atoms with van der Waals surface area (Å²) in [5.41, 5.74) is 3.87. The Bertz CT molecular complexity index is 1140. The van der Waals surface area contributed by atoms with E-state index in [4.69, 9.17) is 9.84 Å². The molecule has 0 spiro atoms. The maximum atomic E-state index is 13.4. The summed E-state index contributed by atoms with van der Waals surface area (Å²) in [6.07, 6.45) is 1.79. The third-order valence-electron chi connectivity index (χ3n) is 4.94. The first-order valence-electron chi connectivity index (χ1n) is 9.75. The molecule has 0 aliphatic rings. The summed E-state index contributed by atoms with van der Waals surface area (Å²) >= 11 is 0. The minimum Gasteiger partial charge on any atom is -0.496 e. The fourth-order valence-corrected chi connectivity index (χ4v) is 3.42. The molecule has 0 unspecified atom stereocenters. The lowest BCUT2D eigenvalue weighted by molar-refractivity contribution is 0.0786. The van der Waals surface area contributed by atoms with Crippen molar-refractivity contribution in [2.75, 3.05) is 14.2 Å². The Morgan fingerprint density at radius 2 is 1.57 bits per heavy atom. The Balaban J connectivity index is 1.77. The number of carbonyl (C=O) groups is 1. The molecule has 0 saturated heterocycles. The van der Waals surface area contributed by atoms with E-state index in [9.17, 15) is 4.79 Å². The predicted molar refractivity (Wildman–Crippen MR) is 118 cm³/mol. The number of carbonyl (C=O) groups excluding carboxylic acids is 1. The van der Waals surface area contributed by atoms with E-state index in [2.05, 4.69) is 0 Å². The Morgan fingerprint density at radius 1 is 0.933 bits per heavy atom. The molecule has 5 heteroatoms. The summed E-state index contributed by atoms with van der Waals surface area (Å²) in [6, 6.07) is 27.3. The number of hydrogen-bond acceptors (Lipinski definition) is 3. The summed E-state index contributed by atoms with van der Waals surface area (Å²) in [7, 11) is 3.43. The van der Waals surface area contributed by atoms with Crippen LogP contribution in [0, 0.1) is 0 Å². The number of rotatable bonds is 6. The zero-order chi connectivity index (χ0) is 20.9. The normalized spacial score (nSPS) is 10.6. The van der Waals surface area contributed by atoms with Crippen LogP contribution in [0.3, 0.4) is 0 Å². The van der Waals surface area contributed by atoms with Crippen LogP contribution in [0.2, 0.25) is 0 Å². The van der Waals surface area contributed by atoms with Crippen molar-refractivity contribution < 1.29 is 9.53 Å². The van der Waals surface area contributed by atoms with Gasteiger partial charge in [0.25, 0.3) is 5.91 Å². The van der Waals surface area contributed by atoms with Gasteiger partial charge in [-0.25, -0.2) is 4.68 Å². The van der Waals surface area contributed by atoms with Gasteiger partial charge in [0.15, 0.2) is 0 Å². The highest BCUT2D eigenvalue weighted by Crippen LogP contribution is 2.32. The van der Waals surface area contributed by atoms with Crippen molar-refractivity contribution in [1.82, 2.24) is 14.7 Å². The zero-order valence-electron chi connectivity index (χ0n) is 17.0. The highest BCUT2D eigenvalue weighted by Gasteiger charge is 2.23. The summed E-state index contributed by atoms with van der Waals surface area (Å²) in [6.45, 7) is 0.515. The van der Waals surface area contributed by atoms with Crippen molar-refractivity contribution in [2.24, 2.45) is 0 Å². The molecule has 1 amide bonds. The molecule has 150 valence electrons. The van der Waals surface area contributed by atoms with Crippen molar-refractivity contribution >= 4 is 5.91 Å². The van der Waals surface area contributed by atoms with E-state index in [0.717, 1.165) is 16.8 Å². The van der Waals surface area contributed by atoms with Crippen LogP contribution in [0.15, 0.2) is 91.1 Å². The van der Waals surface area contributed by atoms with Crippen LogP contribution in [-0.4, -0.2) is 34.7 Å². The van der Waals surface area contributed by atoms with Crippen LogP contribution in [0.25, 0.3) is 16.9 Å². The summed E-state index contributed by atoms with van der Waals surface area (Å²) in [5.74, 6) is 0.581. The highest BCUT2D eigenvalue weighted by molar-refractivity contribution is 6.00. The summed E-state index contributed by atoms with van der Waals surface area (Å²) in [4.78, 5) is 15.1. The van der Waals surface area contributed by atoms with E-state index in [-0.39, 0.29) is 5.91 Å². The molecule has 1 heterocycles. The van der Waals surface area contributed by atoms with Gasteiger partial charge < -0.3 is 9.64 Å². The van der Waals surface area contributed by atoms with Gasteiger partial charge in [-0.3, -0.25) is 4.79 Å². The molecule has 0 fully saturated rings. The van der Waals surface area contributed by atoms with E-state index < -0.39 is 0 Å². The van der Waals surface area contributed by atoms with Crippen molar-refractivity contribution in [2.45, 2.75) is 6.54 Å². The van der Waals surface area contributed by atoms with Gasteiger partial charge in [0.1, 0.15) is 11.4 Å². The number of para-hydroxylation sites is 2. The molecule has 0 N–H and O–H groups in total. The number of benzene rings is 3. The molecule has 0 bridgehead atoms. The average Bonchev–Trinajstić information content (AvgIpc) is 3.25. The first-order valence-corrected chi connectivity index (χ1v) is 9.75. The standard InChI is InChI=1S/C25H23N3O2/c1-27(17-19-11-5-3-6-12-19)25(29)22-18-28(20-13-7-4-8-14-20)26-24(22)21-15-9-10-16-23(21)30-2/h3-16,18H,17H2,1-2H3. The van der Waals surface area contributed by atoms with Gasteiger partial charge in [-0.15, -0.1) is 0 Å². The largest absolute Gasteiger partial charge is 0.496 e. The van der Waals surface area contributed by atoms with E-state index >= 15 is 0 Å². The second-order valence-corrected chi connectivity index (χ2v) is 7.02. The number of nitrogens with zero attached hydrogens (tertiary/aromatic N) is 3. The lowest BCUT2D eigenvalue weighted by atomic mass is 10.1. The van der Waals surface area contributed by atoms with Crippen molar-refractivity contribution in [1.29, 1.82) is 0 Å². The Labute approximate surface area is 176 Å². The topological polar surface area (TPSA) is 47.4 Å². The third-order valence-corrected chi connectivity index (χ3v) is 4.94. The molecular formula is C25H23N3O2.